The number of nitrogens with two attached hydrogens (primary N) is 1. The Labute approximate surface area is 125 Å². The summed E-state index contributed by atoms with van der Waals surface area (Å²) < 4.78 is 5.50. The standard InChI is InChI=1S/C17H22N2O2/c1-3-21-16-11-14(9-10-15(16)18)19-17(2,12-20)13-7-5-4-6-8-13/h4-11,19-20H,3,12,18H2,1-2H3. The first-order valence-corrected chi connectivity index (χ1v) is 7.06. The molecule has 0 bridgehead atoms. The lowest BCUT2D eigenvalue weighted by atomic mass is 9.92. The Balaban J connectivity index is 2.28. The molecular formula is C17H22N2O2. The molecule has 0 spiro atoms. The zero-order valence-electron chi connectivity index (χ0n) is 12.5. The van der Waals surface area contributed by atoms with Crippen LogP contribution in [0.2, 0.25) is 0 Å². The van der Waals surface area contributed by atoms with Crippen LogP contribution in [0.1, 0.15) is 19.4 Å². The first-order valence-electron chi connectivity index (χ1n) is 7.06. The molecule has 0 fully saturated rings. The number of aliphatic hydroxyl groups excluding tert-OH is 1. The number of nitrogens with one attached hydrogen (secondary N) is 1. The third-order valence-corrected chi connectivity index (χ3v) is 3.46. The van der Waals surface area contributed by atoms with Gasteiger partial charge in [-0.05, 0) is 31.5 Å². The second-order valence-corrected chi connectivity index (χ2v) is 5.17. The zero-order valence-corrected chi connectivity index (χ0v) is 12.5. The molecule has 0 radical (unpaired) electrons. The highest BCUT2D eigenvalue weighted by atomic mass is 16.5. The highest BCUT2D eigenvalue weighted by Crippen LogP contribution is 2.30. The van der Waals surface area contributed by atoms with Crippen LogP contribution in [0.3, 0.4) is 0 Å². The minimum atomic E-state index is -0.569. The van der Waals surface area contributed by atoms with Gasteiger partial charge in [-0.1, -0.05) is 30.3 Å². The molecule has 2 aromatic rings. The Hall–Kier alpha value is -2.20. The number of nitrogen functional groups attached to an aromatic ring is 1. The third kappa shape index (κ3) is 3.47. The monoisotopic (exact) mass is 286 g/mol. The smallest absolute Gasteiger partial charge is 0.144 e. The van der Waals surface area contributed by atoms with E-state index in [0.717, 1.165) is 11.3 Å². The van der Waals surface area contributed by atoms with Crippen LogP contribution in [0.5, 0.6) is 5.75 Å². The van der Waals surface area contributed by atoms with E-state index in [-0.39, 0.29) is 6.61 Å². The molecule has 0 aliphatic carbocycles. The molecule has 112 valence electrons. The lowest BCUT2D eigenvalue weighted by Crippen LogP contribution is -2.35. The Morgan fingerprint density at radius 1 is 1.19 bits per heavy atom. The second kappa shape index (κ2) is 6.50. The fourth-order valence-electron chi connectivity index (χ4n) is 2.22. The SMILES string of the molecule is CCOc1cc(NC(C)(CO)c2ccccc2)ccc1N. The van der Waals surface area contributed by atoms with Gasteiger partial charge in [-0.3, -0.25) is 0 Å². The summed E-state index contributed by atoms with van der Waals surface area (Å²) in [7, 11) is 0. The molecule has 4 N–H and O–H groups in total. The maximum Gasteiger partial charge on any atom is 0.144 e. The van der Waals surface area contributed by atoms with Crippen LogP contribution in [0, 0.1) is 0 Å². The minimum Gasteiger partial charge on any atom is -0.492 e. The average Bonchev–Trinajstić information content (AvgIpc) is 2.51. The summed E-state index contributed by atoms with van der Waals surface area (Å²) in [6, 6.07) is 15.4. The number of ether oxygens (including phenoxy) is 1. The summed E-state index contributed by atoms with van der Waals surface area (Å²) >= 11 is 0. The van der Waals surface area contributed by atoms with Crippen molar-refractivity contribution in [2.75, 3.05) is 24.3 Å². The summed E-state index contributed by atoms with van der Waals surface area (Å²) in [5.74, 6) is 0.649. The molecule has 0 saturated heterocycles. The van der Waals surface area contributed by atoms with E-state index < -0.39 is 5.54 Å². The van der Waals surface area contributed by atoms with Crippen molar-refractivity contribution >= 4 is 11.4 Å². The highest BCUT2D eigenvalue weighted by molar-refractivity contribution is 5.62. The van der Waals surface area contributed by atoms with Gasteiger partial charge in [-0.15, -0.1) is 0 Å². The number of rotatable bonds is 6. The van der Waals surface area contributed by atoms with Crippen LogP contribution in [0.15, 0.2) is 48.5 Å². The van der Waals surface area contributed by atoms with Crippen LogP contribution in [-0.2, 0) is 5.54 Å². The van der Waals surface area contributed by atoms with Crippen LogP contribution < -0.4 is 15.8 Å². The largest absolute Gasteiger partial charge is 0.492 e. The highest BCUT2D eigenvalue weighted by Gasteiger charge is 2.25. The van der Waals surface area contributed by atoms with Gasteiger partial charge in [0.15, 0.2) is 0 Å². The molecule has 21 heavy (non-hydrogen) atoms. The van der Waals surface area contributed by atoms with E-state index in [4.69, 9.17) is 10.5 Å². The lowest BCUT2D eigenvalue weighted by Gasteiger charge is -2.30. The topological polar surface area (TPSA) is 67.5 Å². The zero-order chi connectivity index (χ0) is 15.3. The Morgan fingerprint density at radius 3 is 2.52 bits per heavy atom. The molecule has 0 aliphatic rings. The van der Waals surface area contributed by atoms with Crippen molar-refractivity contribution in [1.82, 2.24) is 0 Å². The molecule has 0 heterocycles. The summed E-state index contributed by atoms with van der Waals surface area (Å²) in [6.07, 6.45) is 0. The number of hydrogen-bond acceptors (Lipinski definition) is 4. The third-order valence-electron chi connectivity index (χ3n) is 3.46. The predicted molar refractivity (Wildman–Crippen MR) is 86.5 cm³/mol. The lowest BCUT2D eigenvalue weighted by molar-refractivity contribution is 0.224. The fourth-order valence-corrected chi connectivity index (χ4v) is 2.22. The average molecular weight is 286 g/mol. The Bertz CT molecular complexity index is 587. The molecule has 0 amide bonds. The van der Waals surface area contributed by atoms with Gasteiger partial charge < -0.3 is 20.9 Å². The van der Waals surface area contributed by atoms with Crippen molar-refractivity contribution in [3.05, 3.63) is 54.1 Å². The number of anilines is 2. The van der Waals surface area contributed by atoms with Gasteiger partial charge in [0.2, 0.25) is 0 Å². The number of aliphatic hydroxyl groups is 1. The molecule has 1 atom stereocenters. The van der Waals surface area contributed by atoms with Gasteiger partial charge in [0.1, 0.15) is 5.75 Å². The fraction of sp³-hybridized carbons (Fsp3) is 0.294. The molecule has 4 nitrogen and oxygen atoms in total. The number of benzene rings is 2. The second-order valence-electron chi connectivity index (χ2n) is 5.17. The summed E-state index contributed by atoms with van der Waals surface area (Å²) in [5.41, 5.74) is 7.79. The van der Waals surface area contributed by atoms with Crippen LogP contribution in [0.25, 0.3) is 0 Å². The van der Waals surface area contributed by atoms with Crippen molar-refractivity contribution in [3.63, 3.8) is 0 Å². The quantitative estimate of drug-likeness (QED) is 0.714. The first kappa shape index (κ1) is 15.2. The molecule has 0 aliphatic heterocycles. The van der Waals surface area contributed by atoms with Crippen LogP contribution >= 0.6 is 0 Å². The molecule has 2 aromatic carbocycles. The maximum atomic E-state index is 9.81. The predicted octanol–water partition coefficient (Wildman–Crippen LogP) is 2.99. The van der Waals surface area contributed by atoms with Gasteiger partial charge in [0, 0.05) is 11.8 Å². The molecule has 4 heteroatoms. The van der Waals surface area contributed by atoms with E-state index in [2.05, 4.69) is 5.32 Å². The van der Waals surface area contributed by atoms with E-state index in [0.29, 0.717) is 18.0 Å². The first-order chi connectivity index (χ1) is 10.1. The van der Waals surface area contributed by atoms with Gasteiger partial charge in [-0.25, -0.2) is 0 Å². The molecule has 0 saturated carbocycles. The van der Waals surface area contributed by atoms with Crippen molar-refractivity contribution in [2.45, 2.75) is 19.4 Å². The molecular weight excluding hydrogens is 264 g/mol. The van der Waals surface area contributed by atoms with E-state index in [1.165, 1.54) is 0 Å². The van der Waals surface area contributed by atoms with Crippen molar-refractivity contribution in [1.29, 1.82) is 0 Å². The molecule has 1 unspecified atom stereocenters. The van der Waals surface area contributed by atoms with Gasteiger partial charge in [-0.2, -0.15) is 0 Å². The van der Waals surface area contributed by atoms with Gasteiger partial charge >= 0.3 is 0 Å². The minimum absolute atomic E-state index is 0.0225. The van der Waals surface area contributed by atoms with E-state index >= 15 is 0 Å². The van der Waals surface area contributed by atoms with Crippen molar-refractivity contribution < 1.29 is 9.84 Å². The van der Waals surface area contributed by atoms with Gasteiger partial charge in [0.05, 0.1) is 24.4 Å². The molecule has 0 aromatic heterocycles. The summed E-state index contributed by atoms with van der Waals surface area (Å²) in [5, 5.41) is 13.2. The Morgan fingerprint density at radius 2 is 1.90 bits per heavy atom. The maximum absolute atomic E-state index is 9.81. The normalized spacial score (nSPS) is 13.5. The molecule has 2 rings (SSSR count). The van der Waals surface area contributed by atoms with Crippen LogP contribution in [-0.4, -0.2) is 18.3 Å². The van der Waals surface area contributed by atoms with Crippen LogP contribution in [0.4, 0.5) is 11.4 Å². The summed E-state index contributed by atoms with van der Waals surface area (Å²) in [6.45, 7) is 4.41. The number of hydrogen-bond donors (Lipinski definition) is 3. The van der Waals surface area contributed by atoms with E-state index in [9.17, 15) is 5.11 Å². The van der Waals surface area contributed by atoms with Crippen molar-refractivity contribution in [3.8, 4) is 5.75 Å². The van der Waals surface area contributed by atoms with E-state index in [1.807, 2.05) is 56.3 Å². The summed E-state index contributed by atoms with van der Waals surface area (Å²) in [4.78, 5) is 0. The van der Waals surface area contributed by atoms with Crippen molar-refractivity contribution in [2.24, 2.45) is 0 Å². The van der Waals surface area contributed by atoms with E-state index in [1.54, 1.807) is 6.07 Å². The Kier molecular flexibility index (Phi) is 4.70. The van der Waals surface area contributed by atoms with Gasteiger partial charge in [0.25, 0.3) is 0 Å².